The molecule has 2 aliphatic heterocycles. The molecule has 1 aromatic rings. The molecule has 1 saturated heterocycles. The van der Waals surface area contributed by atoms with E-state index in [-0.39, 0.29) is 32.5 Å². The maximum atomic E-state index is 14.5. The van der Waals surface area contributed by atoms with Crippen molar-refractivity contribution in [3.05, 3.63) is 35.4 Å². The number of carbonyl (C=O) groups is 2. The monoisotopic (exact) mass is 762 g/mol. The third kappa shape index (κ3) is 6.63. The lowest BCUT2D eigenvalue weighted by Gasteiger charge is -2.43. The summed E-state index contributed by atoms with van der Waals surface area (Å²) in [6.07, 6.45) is -12.9. The summed E-state index contributed by atoms with van der Waals surface area (Å²) in [6, 6.07) is 5.98. The van der Waals surface area contributed by atoms with E-state index in [0.29, 0.717) is 20.3 Å². The highest BCUT2D eigenvalue weighted by molar-refractivity contribution is 5.86. The minimum Gasteiger partial charge on any atom is -0.443 e. The third-order valence-corrected chi connectivity index (χ3v) is 8.41. The van der Waals surface area contributed by atoms with Crippen molar-refractivity contribution in [3.63, 3.8) is 0 Å². The second kappa shape index (κ2) is 12.8. The molecule has 0 saturated carbocycles. The summed E-state index contributed by atoms with van der Waals surface area (Å²) in [7, 11) is 0. The van der Waals surface area contributed by atoms with Crippen LogP contribution in [0.1, 0.15) is 50.7 Å². The van der Waals surface area contributed by atoms with E-state index in [0.717, 1.165) is 16.0 Å². The van der Waals surface area contributed by atoms with Crippen molar-refractivity contribution in [1.29, 1.82) is 0 Å². The molecular weight excluding hydrogens is 735 g/mol. The van der Waals surface area contributed by atoms with Crippen molar-refractivity contribution in [2.45, 2.75) is 112 Å². The first-order valence-corrected chi connectivity index (χ1v) is 14.4. The SMILES string of the molecule is CC(C)(CCC(F)(F)C(F)(F)C(F)(F)C(F)(F)C(F)(F)C(F)(F)C(F)(F)C(F)(F)F)OC(=O)N1CCC[C@H]1C(=O)N1CCc2ccccc2C1. The molecule has 5 nitrogen and oxygen atoms in total. The number of halogens is 17. The molecule has 22 heteroatoms. The molecule has 286 valence electrons. The summed E-state index contributed by atoms with van der Waals surface area (Å²) in [5, 5.41) is 0. The number of amides is 2. The first kappa shape index (κ1) is 41.2. The van der Waals surface area contributed by atoms with Crippen LogP contribution in [0.15, 0.2) is 24.3 Å². The van der Waals surface area contributed by atoms with Crippen molar-refractivity contribution in [2.75, 3.05) is 13.1 Å². The third-order valence-electron chi connectivity index (χ3n) is 8.41. The molecule has 2 heterocycles. The molecule has 1 fully saturated rings. The van der Waals surface area contributed by atoms with E-state index < -0.39 is 84.1 Å². The zero-order valence-electron chi connectivity index (χ0n) is 25.6. The van der Waals surface area contributed by atoms with E-state index in [4.69, 9.17) is 4.74 Å². The van der Waals surface area contributed by atoms with Crippen LogP contribution in [0.2, 0.25) is 0 Å². The maximum absolute atomic E-state index is 14.5. The zero-order valence-corrected chi connectivity index (χ0v) is 25.6. The Hall–Kier alpha value is -3.23. The van der Waals surface area contributed by atoms with Crippen molar-refractivity contribution in [3.8, 4) is 0 Å². The largest absolute Gasteiger partial charge is 0.460 e. The summed E-state index contributed by atoms with van der Waals surface area (Å²) in [4.78, 5) is 28.4. The summed E-state index contributed by atoms with van der Waals surface area (Å²) in [5.74, 6) is -57.6. The van der Waals surface area contributed by atoms with E-state index in [2.05, 4.69) is 0 Å². The molecule has 2 aliphatic rings. The standard InChI is InChI=1S/C28H27F17N2O3/c1-20(2,50-19(49)47-12-5-8-17(47)18(48)46-13-9-15-6-3-4-7-16(15)14-46)10-11-21(29,30)22(31,32)23(33,34)24(35,36)25(37,38)26(39,40)27(41,42)28(43,44)45/h3-4,6-7,17H,5,8-14H2,1-2H3/t17-/m0/s1. The quantitative estimate of drug-likeness (QED) is 0.212. The van der Waals surface area contributed by atoms with Crippen molar-refractivity contribution in [2.24, 2.45) is 0 Å². The lowest BCUT2D eigenvalue weighted by molar-refractivity contribution is -0.462. The number of likely N-dealkylation sites (tertiary alicyclic amines) is 1. The van der Waals surface area contributed by atoms with Crippen LogP contribution in [0.4, 0.5) is 79.4 Å². The number of fused-ring (bicyclic) bond motifs is 1. The van der Waals surface area contributed by atoms with Gasteiger partial charge in [0, 0.05) is 26.1 Å². The minimum absolute atomic E-state index is 0.0959. The highest BCUT2D eigenvalue weighted by Crippen LogP contribution is 2.64. The number of carbonyl (C=O) groups excluding carboxylic acids is 2. The first-order valence-electron chi connectivity index (χ1n) is 14.4. The molecule has 2 amide bonds. The minimum atomic E-state index is -8.71. The second-order valence-corrected chi connectivity index (χ2v) is 12.4. The average Bonchev–Trinajstić information content (AvgIpc) is 3.48. The molecule has 0 radical (unpaired) electrons. The molecule has 0 aromatic heterocycles. The Bertz CT molecular complexity index is 1430. The predicted molar refractivity (Wildman–Crippen MR) is 136 cm³/mol. The summed E-state index contributed by atoms with van der Waals surface area (Å²) < 4.78 is 236. The molecule has 1 aromatic carbocycles. The van der Waals surface area contributed by atoms with Crippen LogP contribution < -0.4 is 0 Å². The van der Waals surface area contributed by atoms with Crippen LogP contribution in [-0.4, -0.2) is 94.2 Å². The van der Waals surface area contributed by atoms with Crippen molar-refractivity contribution < 1.29 is 89.0 Å². The van der Waals surface area contributed by atoms with E-state index in [1.807, 2.05) is 6.07 Å². The Morgan fingerprint density at radius 1 is 0.680 bits per heavy atom. The van der Waals surface area contributed by atoms with Crippen molar-refractivity contribution in [1.82, 2.24) is 9.80 Å². The van der Waals surface area contributed by atoms with Crippen LogP contribution in [0.3, 0.4) is 0 Å². The van der Waals surface area contributed by atoms with Gasteiger partial charge < -0.3 is 9.64 Å². The molecule has 3 rings (SSSR count). The smallest absolute Gasteiger partial charge is 0.443 e. The lowest BCUT2D eigenvalue weighted by Crippen LogP contribution is -2.74. The normalized spacial score (nSPS) is 19.1. The Morgan fingerprint density at radius 2 is 1.16 bits per heavy atom. The van der Waals surface area contributed by atoms with Gasteiger partial charge in [-0.3, -0.25) is 9.69 Å². The number of benzene rings is 1. The van der Waals surface area contributed by atoms with E-state index >= 15 is 0 Å². The molecule has 50 heavy (non-hydrogen) atoms. The Labute approximate surface area is 271 Å². The first-order chi connectivity index (χ1) is 22.3. The molecule has 0 bridgehead atoms. The van der Waals surface area contributed by atoms with Gasteiger partial charge in [-0.2, -0.15) is 74.6 Å². The van der Waals surface area contributed by atoms with Gasteiger partial charge in [0.1, 0.15) is 11.6 Å². The molecule has 1 atom stereocenters. The van der Waals surface area contributed by atoms with Crippen LogP contribution in [-0.2, 0) is 22.5 Å². The molecule has 0 unspecified atom stereocenters. The lowest BCUT2D eigenvalue weighted by atomic mass is 9.87. The molecule has 0 aliphatic carbocycles. The van der Waals surface area contributed by atoms with Crippen molar-refractivity contribution >= 4 is 12.0 Å². The maximum Gasteiger partial charge on any atom is 0.460 e. The number of alkyl halides is 17. The van der Waals surface area contributed by atoms with Gasteiger partial charge in [0.15, 0.2) is 0 Å². The average molecular weight is 763 g/mol. The molecule has 0 spiro atoms. The van der Waals surface area contributed by atoms with Gasteiger partial charge in [0.05, 0.1) is 0 Å². The number of rotatable bonds is 11. The van der Waals surface area contributed by atoms with E-state index in [9.17, 15) is 84.2 Å². The van der Waals surface area contributed by atoms with Crippen LogP contribution >= 0.6 is 0 Å². The van der Waals surface area contributed by atoms with Crippen LogP contribution in [0, 0.1) is 0 Å². The summed E-state index contributed by atoms with van der Waals surface area (Å²) in [6.45, 7) is 1.71. The summed E-state index contributed by atoms with van der Waals surface area (Å²) >= 11 is 0. The van der Waals surface area contributed by atoms with E-state index in [1.54, 1.807) is 18.2 Å². The van der Waals surface area contributed by atoms with Gasteiger partial charge in [0.25, 0.3) is 0 Å². The molecule has 0 N–H and O–H groups in total. The number of nitrogens with zero attached hydrogens (tertiary/aromatic N) is 2. The highest BCUT2D eigenvalue weighted by atomic mass is 19.4. The van der Waals surface area contributed by atoms with Gasteiger partial charge in [-0.25, -0.2) is 4.79 Å². The Balaban J connectivity index is 1.75. The van der Waals surface area contributed by atoms with Gasteiger partial charge in [0.2, 0.25) is 5.91 Å². The second-order valence-electron chi connectivity index (χ2n) is 12.4. The van der Waals surface area contributed by atoms with Gasteiger partial charge in [-0.15, -0.1) is 0 Å². The topological polar surface area (TPSA) is 49.9 Å². The fraction of sp³-hybridized carbons (Fsp3) is 0.714. The van der Waals surface area contributed by atoms with Crippen LogP contribution in [0.25, 0.3) is 0 Å². The Morgan fingerprint density at radius 3 is 1.68 bits per heavy atom. The number of hydrogen-bond acceptors (Lipinski definition) is 3. The van der Waals surface area contributed by atoms with Gasteiger partial charge >= 0.3 is 53.7 Å². The summed E-state index contributed by atoms with van der Waals surface area (Å²) in [5.41, 5.74) is -0.613. The molecular formula is C28H27F17N2O3. The van der Waals surface area contributed by atoms with Gasteiger partial charge in [-0.1, -0.05) is 24.3 Å². The fourth-order valence-electron chi connectivity index (χ4n) is 5.29. The van der Waals surface area contributed by atoms with E-state index in [1.165, 1.54) is 4.90 Å². The predicted octanol–water partition coefficient (Wildman–Crippen LogP) is 8.74. The van der Waals surface area contributed by atoms with Crippen LogP contribution in [0.5, 0.6) is 0 Å². The fourth-order valence-corrected chi connectivity index (χ4v) is 5.29. The van der Waals surface area contributed by atoms with Gasteiger partial charge in [-0.05, 0) is 50.7 Å². The zero-order chi connectivity index (χ0) is 38.7. The highest BCUT2D eigenvalue weighted by Gasteiger charge is 2.95. The number of ether oxygens (including phenoxy) is 1. The number of hydrogen-bond donors (Lipinski definition) is 0. The Kier molecular flexibility index (Phi) is 10.5.